The van der Waals surface area contributed by atoms with Crippen molar-refractivity contribution in [3.8, 4) is 6.07 Å². The minimum absolute atomic E-state index is 0.347. The number of hydrogen-bond donors (Lipinski definition) is 0. The molecule has 6 heteroatoms. The minimum atomic E-state index is -3.10. The van der Waals surface area contributed by atoms with Gasteiger partial charge >= 0.3 is 0 Å². The van der Waals surface area contributed by atoms with E-state index in [-0.39, 0.29) is 0 Å². The van der Waals surface area contributed by atoms with Crippen molar-refractivity contribution in [2.75, 3.05) is 6.54 Å². The van der Waals surface area contributed by atoms with Crippen LogP contribution in [-0.2, 0) is 0 Å². The first kappa shape index (κ1) is 8.71. The molecule has 0 spiro atoms. The van der Waals surface area contributed by atoms with E-state index in [1.807, 2.05) is 0 Å². The number of nitrogens with zero attached hydrogens (tertiary/aromatic N) is 2. The zero-order valence-corrected chi connectivity index (χ0v) is 5.96. The first-order chi connectivity index (χ1) is 5.46. The second-order valence-corrected chi connectivity index (χ2v) is 2.60. The van der Waals surface area contributed by atoms with Crippen LogP contribution in [0.25, 0.3) is 0 Å². The van der Waals surface area contributed by atoms with Crippen LogP contribution in [0.5, 0.6) is 0 Å². The van der Waals surface area contributed by atoms with Crippen molar-refractivity contribution in [3.05, 3.63) is 0 Å². The molecule has 0 aromatic carbocycles. The van der Waals surface area contributed by atoms with Gasteiger partial charge < -0.3 is 14.8 Å². The SMILES string of the molecule is N#C[C@@H]1CC(F)(F)CN1C(=O)[O-]. The van der Waals surface area contributed by atoms with E-state index in [2.05, 4.69) is 0 Å². The van der Waals surface area contributed by atoms with Crippen LogP contribution < -0.4 is 5.11 Å². The maximum Gasteiger partial charge on any atom is 0.268 e. The molecule has 0 N–H and O–H groups in total. The fourth-order valence-corrected chi connectivity index (χ4v) is 1.12. The Kier molecular flexibility index (Phi) is 1.88. The van der Waals surface area contributed by atoms with Crippen LogP contribution in [0.2, 0.25) is 0 Å². The van der Waals surface area contributed by atoms with E-state index in [1.165, 1.54) is 6.07 Å². The number of hydrogen-bond acceptors (Lipinski definition) is 3. The Morgan fingerprint density at radius 2 is 2.33 bits per heavy atom. The van der Waals surface area contributed by atoms with Gasteiger partial charge in [-0.3, -0.25) is 0 Å². The summed E-state index contributed by atoms with van der Waals surface area (Å²) in [5.41, 5.74) is 0. The molecule has 4 nitrogen and oxygen atoms in total. The van der Waals surface area contributed by atoms with Crippen LogP contribution in [0, 0.1) is 11.3 Å². The molecule has 1 aliphatic heterocycles. The molecule has 1 atom stereocenters. The number of rotatable bonds is 0. The summed E-state index contributed by atoms with van der Waals surface area (Å²) in [6.45, 7) is -0.937. The van der Waals surface area contributed by atoms with Crippen molar-refractivity contribution in [1.82, 2.24) is 4.90 Å². The van der Waals surface area contributed by atoms with E-state index in [4.69, 9.17) is 5.26 Å². The zero-order chi connectivity index (χ0) is 9.35. The summed E-state index contributed by atoms with van der Waals surface area (Å²) in [5.74, 6) is -3.10. The lowest BCUT2D eigenvalue weighted by Gasteiger charge is -2.20. The van der Waals surface area contributed by atoms with Crippen molar-refractivity contribution in [1.29, 1.82) is 5.26 Å². The van der Waals surface area contributed by atoms with Crippen LogP contribution in [0.15, 0.2) is 0 Å². The number of amides is 1. The average Bonchev–Trinajstić information content (AvgIpc) is 2.25. The van der Waals surface area contributed by atoms with Crippen molar-refractivity contribution in [2.24, 2.45) is 0 Å². The summed E-state index contributed by atoms with van der Waals surface area (Å²) in [5, 5.41) is 18.5. The Balaban J connectivity index is 2.78. The molecule has 12 heavy (non-hydrogen) atoms. The highest BCUT2D eigenvalue weighted by Gasteiger charge is 2.45. The fraction of sp³-hybridized carbons (Fsp3) is 0.667. The van der Waals surface area contributed by atoms with Gasteiger partial charge in [-0.2, -0.15) is 5.26 Å². The third kappa shape index (κ3) is 1.44. The Hall–Kier alpha value is -1.38. The smallest absolute Gasteiger partial charge is 0.268 e. The summed E-state index contributed by atoms with van der Waals surface area (Å²) >= 11 is 0. The number of likely N-dealkylation sites (tertiary alicyclic amines) is 1. The van der Waals surface area contributed by atoms with Gasteiger partial charge in [-0.25, -0.2) is 8.78 Å². The highest BCUT2D eigenvalue weighted by atomic mass is 19.3. The molecule has 0 bridgehead atoms. The van der Waals surface area contributed by atoms with Gasteiger partial charge in [0.05, 0.1) is 12.6 Å². The van der Waals surface area contributed by atoms with Crippen molar-refractivity contribution in [2.45, 2.75) is 18.4 Å². The summed E-state index contributed by atoms with van der Waals surface area (Å²) < 4.78 is 25.0. The van der Waals surface area contributed by atoms with Gasteiger partial charge in [0.1, 0.15) is 12.1 Å². The van der Waals surface area contributed by atoms with E-state index in [9.17, 15) is 18.7 Å². The van der Waals surface area contributed by atoms with E-state index in [1.54, 1.807) is 0 Å². The van der Waals surface area contributed by atoms with E-state index < -0.39 is 31.0 Å². The maximum absolute atomic E-state index is 12.5. The predicted octanol–water partition coefficient (Wildman–Crippen LogP) is -0.437. The second-order valence-electron chi connectivity index (χ2n) is 2.60. The third-order valence-corrected chi connectivity index (χ3v) is 1.65. The second kappa shape index (κ2) is 2.59. The van der Waals surface area contributed by atoms with Crippen LogP contribution >= 0.6 is 0 Å². The lowest BCUT2D eigenvalue weighted by Crippen LogP contribution is -2.44. The van der Waals surface area contributed by atoms with Gasteiger partial charge in [0.25, 0.3) is 5.92 Å². The van der Waals surface area contributed by atoms with Crippen LogP contribution in [0.3, 0.4) is 0 Å². The van der Waals surface area contributed by atoms with Crippen molar-refractivity contribution < 1.29 is 18.7 Å². The zero-order valence-electron chi connectivity index (χ0n) is 5.96. The fourth-order valence-electron chi connectivity index (χ4n) is 1.12. The molecular weight excluding hydrogens is 170 g/mol. The number of nitriles is 1. The Morgan fingerprint density at radius 3 is 2.67 bits per heavy atom. The molecule has 0 aliphatic carbocycles. The standard InChI is InChI=1S/C6H6F2N2O2/c7-6(8)1-4(2-9)10(3-6)5(11)12/h4H,1,3H2,(H,11,12)/p-1/t4-/m0/s1. The van der Waals surface area contributed by atoms with Crippen LogP contribution in [-0.4, -0.2) is 29.5 Å². The quantitative estimate of drug-likeness (QED) is 0.501. The van der Waals surface area contributed by atoms with Gasteiger partial charge in [-0.15, -0.1) is 0 Å². The number of carbonyl (C=O) groups excluding carboxylic acids is 1. The molecule has 0 radical (unpaired) electrons. The van der Waals surface area contributed by atoms with E-state index in [0.29, 0.717) is 4.90 Å². The Bertz CT molecular complexity index is 248. The normalized spacial score (nSPS) is 26.8. The molecule has 1 amide bonds. The van der Waals surface area contributed by atoms with Crippen LogP contribution in [0.1, 0.15) is 6.42 Å². The molecule has 66 valence electrons. The number of carbonyl (C=O) groups is 1. The van der Waals surface area contributed by atoms with E-state index >= 15 is 0 Å². The van der Waals surface area contributed by atoms with Gasteiger partial charge in [0, 0.05) is 6.42 Å². The van der Waals surface area contributed by atoms with Gasteiger partial charge in [-0.1, -0.05) is 0 Å². The molecule has 0 saturated carbocycles. The van der Waals surface area contributed by atoms with Gasteiger partial charge in [-0.05, 0) is 0 Å². The Labute approximate surface area is 67.0 Å². The molecule has 1 aliphatic rings. The molecule has 1 saturated heterocycles. The minimum Gasteiger partial charge on any atom is -0.530 e. The highest BCUT2D eigenvalue weighted by Crippen LogP contribution is 2.31. The van der Waals surface area contributed by atoms with Crippen molar-refractivity contribution >= 4 is 6.09 Å². The number of alkyl halides is 2. The van der Waals surface area contributed by atoms with Gasteiger partial charge in [0.2, 0.25) is 0 Å². The van der Waals surface area contributed by atoms with Crippen molar-refractivity contribution in [3.63, 3.8) is 0 Å². The van der Waals surface area contributed by atoms with Crippen LogP contribution in [0.4, 0.5) is 13.6 Å². The number of carboxylic acid groups (broad SMARTS) is 1. The van der Waals surface area contributed by atoms with Gasteiger partial charge in [0.15, 0.2) is 0 Å². The summed E-state index contributed by atoms with van der Waals surface area (Å²) in [4.78, 5) is 10.5. The predicted molar refractivity (Wildman–Crippen MR) is 31.1 cm³/mol. The lowest BCUT2D eigenvalue weighted by molar-refractivity contribution is -0.266. The molecule has 1 rings (SSSR count). The monoisotopic (exact) mass is 175 g/mol. The maximum atomic E-state index is 12.5. The number of halogens is 2. The average molecular weight is 175 g/mol. The largest absolute Gasteiger partial charge is 0.530 e. The van der Waals surface area contributed by atoms with E-state index in [0.717, 1.165) is 0 Å². The lowest BCUT2D eigenvalue weighted by atomic mass is 10.2. The molecule has 1 heterocycles. The molecule has 0 aromatic heterocycles. The third-order valence-electron chi connectivity index (χ3n) is 1.65. The molecule has 0 unspecified atom stereocenters. The Morgan fingerprint density at radius 1 is 1.75 bits per heavy atom. The molecule has 1 fully saturated rings. The summed E-state index contributed by atoms with van der Waals surface area (Å²) in [6.07, 6.45) is -2.46. The summed E-state index contributed by atoms with van der Waals surface area (Å²) in [6, 6.07) is 0.203. The topological polar surface area (TPSA) is 67.2 Å². The first-order valence-corrected chi connectivity index (χ1v) is 3.21. The molecule has 0 aromatic rings. The highest BCUT2D eigenvalue weighted by molar-refractivity contribution is 5.64. The first-order valence-electron chi connectivity index (χ1n) is 3.21. The summed E-state index contributed by atoms with van der Waals surface area (Å²) in [7, 11) is 0. The molecular formula is C6H5F2N2O2-.